The molecule has 1 heteroatoms. The number of hydrogen-bond acceptors (Lipinski definition) is 1. The molecule has 1 rings (SSSR count). The molecule has 0 aromatic heterocycles. The molecule has 0 heterocycles. The monoisotopic (exact) mass is 182 g/mol. The van der Waals surface area contributed by atoms with Gasteiger partial charge in [0.15, 0.2) is 0 Å². The van der Waals surface area contributed by atoms with Crippen LogP contribution in [0.3, 0.4) is 0 Å². The second kappa shape index (κ2) is 7.66. The molecule has 76 valence electrons. The summed E-state index contributed by atoms with van der Waals surface area (Å²) >= 11 is 0. The average Bonchev–Trinajstić information content (AvgIpc) is 2.20. The molecule has 0 atom stereocenters. The van der Waals surface area contributed by atoms with Crippen LogP contribution in [-0.2, 0) is 6.42 Å². The van der Waals surface area contributed by atoms with Gasteiger partial charge >= 0.3 is 0 Å². The fourth-order valence-corrected chi connectivity index (χ4v) is 1.04. The summed E-state index contributed by atoms with van der Waals surface area (Å²) in [5.41, 5.74) is 1.31. The van der Waals surface area contributed by atoms with Crippen molar-refractivity contribution >= 4 is 0 Å². The third-order valence-corrected chi connectivity index (χ3v) is 1.76. The zero-order valence-electron chi connectivity index (χ0n) is 8.88. The molecule has 0 unspecified atom stereocenters. The second-order valence-corrected chi connectivity index (χ2v) is 2.77. The summed E-state index contributed by atoms with van der Waals surface area (Å²) in [4.78, 5) is 0. The van der Waals surface area contributed by atoms with Gasteiger partial charge < -0.3 is 5.11 Å². The van der Waals surface area contributed by atoms with Crippen molar-refractivity contribution in [3.8, 4) is 5.75 Å². The highest BCUT2D eigenvalue weighted by atomic mass is 16.3. The van der Waals surface area contributed by atoms with Gasteiger partial charge in [-0.05, 0) is 30.5 Å². The molecule has 0 amide bonds. The van der Waals surface area contributed by atoms with E-state index in [1.54, 1.807) is 12.1 Å². The van der Waals surface area contributed by atoms with Gasteiger partial charge in [-0.1, -0.05) is 39.3 Å². The Morgan fingerprint density at radius 1 is 1.15 bits per heavy atom. The maximum absolute atomic E-state index is 8.98. The Kier molecular flexibility index (Phi) is 7.08. The number of benzene rings is 1. The van der Waals surface area contributed by atoms with Gasteiger partial charge in [0, 0.05) is 1.43 Å². The molecule has 1 aromatic carbocycles. The van der Waals surface area contributed by atoms with E-state index in [0.717, 1.165) is 6.42 Å². The van der Waals surface area contributed by atoms with Gasteiger partial charge in [0.1, 0.15) is 5.75 Å². The molecule has 0 saturated carbocycles. The number of phenols is 1. The predicted molar refractivity (Wildman–Crippen MR) is 60.2 cm³/mol. The van der Waals surface area contributed by atoms with Gasteiger partial charge in [0.05, 0.1) is 0 Å². The van der Waals surface area contributed by atoms with Crippen molar-refractivity contribution in [2.45, 2.75) is 40.0 Å². The van der Waals surface area contributed by atoms with E-state index in [0.29, 0.717) is 5.75 Å². The first-order valence-electron chi connectivity index (χ1n) is 5.11. The molecular formula is C12H22O. The van der Waals surface area contributed by atoms with Gasteiger partial charge in [-0.2, -0.15) is 0 Å². The summed E-state index contributed by atoms with van der Waals surface area (Å²) in [7, 11) is 0. The zero-order valence-corrected chi connectivity index (χ0v) is 8.88. The molecule has 0 radical (unpaired) electrons. The lowest BCUT2D eigenvalue weighted by Crippen LogP contribution is -1.82. The van der Waals surface area contributed by atoms with Crippen molar-refractivity contribution in [3.63, 3.8) is 0 Å². The topological polar surface area (TPSA) is 20.2 Å². The Labute approximate surface area is 82.9 Å². The van der Waals surface area contributed by atoms with Crippen LogP contribution in [0.5, 0.6) is 5.75 Å². The largest absolute Gasteiger partial charge is 0.508 e. The first-order chi connectivity index (χ1) is 6.33. The Bertz CT molecular complexity index is 206. The number of aryl methyl sites for hydroxylation is 1. The van der Waals surface area contributed by atoms with Crippen LogP contribution < -0.4 is 0 Å². The Hall–Kier alpha value is -0.980. The van der Waals surface area contributed by atoms with E-state index >= 15 is 0 Å². The zero-order chi connectivity index (χ0) is 10.1. The summed E-state index contributed by atoms with van der Waals surface area (Å²) < 4.78 is 0. The van der Waals surface area contributed by atoms with Crippen molar-refractivity contribution < 1.29 is 6.53 Å². The predicted octanol–water partition coefficient (Wildman–Crippen LogP) is 4.01. The Morgan fingerprint density at radius 2 is 1.69 bits per heavy atom. The van der Waals surface area contributed by atoms with Crippen LogP contribution in [0.4, 0.5) is 0 Å². The van der Waals surface area contributed by atoms with Crippen LogP contribution in [0.2, 0.25) is 0 Å². The third-order valence-electron chi connectivity index (χ3n) is 1.76. The molecule has 1 aromatic rings. The lowest BCUT2D eigenvalue weighted by Gasteiger charge is -1.98. The van der Waals surface area contributed by atoms with E-state index in [1.165, 1.54) is 18.4 Å². The van der Waals surface area contributed by atoms with Crippen LogP contribution in [0, 0.1) is 0 Å². The van der Waals surface area contributed by atoms with E-state index in [-0.39, 0.29) is 1.43 Å². The molecule has 0 spiro atoms. The van der Waals surface area contributed by atoms with Crippen molar-refractivity contribution in [3.05, 3.63) is 29.8 Å². The van der Waals surface area contributed by atoms with Crippen LogP contribution in [-0.4, -0.2) is 5.11 Å². The highest BCUT2D eigenvalue weighted by Gasteiger charge is 1.91. The lowest BCUT2D eigenvalue weighted by atomic mass is 10.1. The standard InChI is InChI=1S/C10H14O.C2H6.H2/c1-2-3-4-9-5-7-10(11)8-6-9;1-2;/h5-8,11H,2-4H2,1H3;1-2H3;1H. The first kappa shape index (κ1) is 12.0. The first-order valence-corrected chi connectivity index (χ1v) is 5.11. The number of unbranched alkanes of at least 4 members (excludes halogenated alkanes) is 1. The maximum atomic E-state index is 8.98. The molecule has 0 aliphatic carbocycles. The quantitative estimate of drug-likeness (QED) is 0.749. The van der Waals surface area contributed by atoms with Crippen molar-refractivity contribution in [1.29, 1.82) is 0 Å². The van der Waals surface area contributed by atoms with E-state index in [1.807, 2.05) is 26.0 Å². The van der Waals surface area contributed by atoms with E-state index in [4.69, 9.17) is 5.11 Å². The number of phenolic OH excluding ortho intramolecular Hbond substituents is 1. The van der Waals surface area contributed by atoms with Crippen molar-refractivity contribution in [2.24, 2.45) is 0 Å². The maximum Gasteiger partial charge on any atom is 0.115 e. The molecule has 13 heavy (non-hydrogen) atoms. The molecule has 0 bridgehead atoms. The van der Waals surface area contributed by atoms with Crippen molar-refractivity contribution in [2.75, 3.05) is 0 Å². The minimum atomic E-state index is 0. The summed E-state index contributed by atoms with van der Waals surface area (Å²) in [6.07, 6.45) is 3.57. The van der Waals surface area contributed by atoms with E-state index < -0.39 is 0 Å². The highest BCUT2D eigenvalue weighted by Crippen LogP contribution is 2.11. The van der Waals surface area contributed by atoms with Crippen LogP contribution in [0.25, 0.3) is 0 Å². The van der Waals surface area contributed by atoms with E-state index in [9.17, 15) is 0 Å². The van der Waals surface area contributed by atoms with Crippen molar-refractivity contribution in [1.82, 2.24) is 0 Å². The number of hydrogen-bond donors (Lipinski definition) is 1. The van der Waals surface area contributed by atoms with Gasteiger partial charge in [-0.3, -0.25) is 0 Å². The molecule has 1 nitrogen and oxygen atoms in total. The average molecular weight is 182 g/mol. The Morgan fingerprint density at radius 3 is 2.15 bits per heavy atom. The third kappa shape index (κ3) is 5.29. The van der Waals surface area contributed by atoms with E-state index in [2.05, 4.69) is 6.92 Å². The molecular weight excluding hydrogens is 160 g/mol. The molecule has 0 aliphatic rings. The summed E-state index contributed by atoms with van der Waals surface area (Å²) in [5, 5.41) is 8.98. The summed E-state index contributed by atoms with van der Waals surface area (Å²) in [5.74, 6) is 0.352. The normalized spacial score (nSPS) is 8.85. The number of rotatable bonds is 3. The molecule has 0 aliphatic heterocycles. The number of aromatic hydroxyl groups is 1. The van der Waals surface area contributed by atoms with Crippen LogP contribution in [0.15, 0.2) is 24.3 Å². The van der Waals surface area contributed by atoms with Gasteiger partial charge in [-0.25, -0.2) is 0 Å². The highest BCUT2D eigenvalue weighted by molar-refractivity contribution is 5.25. The van der Waals surface area contributed by atoms with Crippen LogP contribution >= 0.6 is 0 Å². The molecule has 0 saturated heterocycles. The summed E-state index contributed by atoms with van der Waals surface area (Å²) in [6, 6.07) is 7.44. The van der Waals surface area contributed by atoms with Crippen LogP contribution in [0.1, 0.15) is 40.6 Å². The molecule has 1 N–H and O–H groups in total. The lowest BCUT2D eigenvalue weighted by molar-refractivity contribution is 0.475. The summed E-state index contributed by atoms with van der Waals surface area (Å²) in [6.45, 7) is 6.18. The SMILES string of the molecule is CC.CCCCc1ccc(O)cc1.[HH]. The minimum Gasteiger partial charge on any atom is -0.508 e. The smallest absolute Gasteiger partial charge is 0.115 e. The van der Waals surface area contributed by atoms with Gasteiger partial charge in [0.2, 0.25) is 0 Å². The second-order valence-electron chi connectivity index (χ2n) is 2.77. The fraction of sp³-hybridized carbons (Fsp3) is 0.500. The minimum absolute atomic E-state index is 0. The van der Waals surface area contributed by atoms with Gasteiger partial charge in [-0.15, -0.1) is 0 Å². The van der Waals surface area contributed by atoms with Gasteiger partial charge in [0.25, 0.3) is 0 Å². The Balaban J connectivity index is 0. The fourth-order valence-electron chi connectivity index (χ4n) is 1.04. The molecule has 0 fully saturated rings.